The van der Waals surface area contributed by atoms with Crippen LogP contribution in [0.5, 0.6) is 0 Å². The smallest absolute Gasteiger partial charge is 0.302 e. The lowest BCUT2D eigenvalue weighted by Crippen LogP contribution is -2.59. The maximum Gasteiger partial charge on any atom is 0.302 e. The summed E-state index contributed by atoms with van der Waals surface area (Å²) in [7, 11) is 0. The number of aliphatic hydroxyl groups is 1. The van der Waals surface area contributed by atoms with Crippen molar-refractivity contribution in [3.05, 3.63) is 12.7 Å². The van der Waals surface area contributed by atoms with Crippen LogP contribution in [0.25, 0.3) is 0 Å². The molecule has 4 fully saturated rings. The molecule has 4 rings (SSSR count). The Labute approximate surface area is 158 Å². The highest BCUT2D eigenvalue weighted by Crippen LogP contribution is 2.67. The first-order valence-electron chi connectivity index (χ1n) is 10.8. The molecule has 0 aromatic rings. The molecule has 4 aliphatic carbocycles. The quantitative estimate of drug-likeness (QED) is 0.572. The van der Waals surface area contributed by atoms with E-state index in [1.165, 1.54) is 45.4 Å². The first-order chi connectivity index (χ1) is 12.3. The number of carbonyl (C=O) groups is 1. The molecule has 0 aliphatic heterocycles. The van der Waals surface area contributed by atoms with Crippen molar-refractivity contribution in [1.82, 2.24) is 0 Å². The number of rotatable bonds is 2. The molecule has 3 heteroatoms. The predicted octanol–water partition coefficient (Wildman–Crippen LogP) is 4.73. The van der Waals surface area contributed by atoms with Crippen molar-refractivity contribution in [2.75, 3.05) is 0 Å². The molecule has 4 aliphatic rings. The Kier molecular flexibility index (Phi) is 4.53. The van der Waals surface area contributed by atoms with Gasteiger partial charge in [0.1, 0.15) is 6.10 Å². The summed E-state index contributed by atoms with van der Waals surface area (Å²) in [5, 5.41) is 11.2. The Bertz CT molecular complexity index is 586. The fourth-order valence-corrected chi connectivity index (χ4v) is 8.04. The third-order valence-corrected chi connectivity index (χ3v) is 9.41. The van der Waals surface area contributed by atoms with E-state index >= 15 is 0 Å². The zero-order valence-electron chi connectivity index (χ0n) is 16.7. The van der Waals surface area contributed by atoms with E-state index in [9.17, 15) is 9.90 Å². The van der Waals surface area contributed by atoms with E-state index in [2.05, 4.69) is 26.5 Å². The van der Waals surface area contributed by atoms with Gasteiger partial charge in [-0.15, -0.1) is 6.58 Å². The van der Waals surface area contributed by atoms with Crippen molar-refractivity contribution in [3.63, 3.8) is 0 Å². The van der Waals surface area contributed by atoms with Crippen LogP contribution in [0.1, 0.15) is 72.1 Å². The Morgan fingerprint density at radius 3 is 2.58 bits per heavy atom. The number of allylic oxidation sites excluding steroid dienone is 1. The first-order valence-corrected chi connectivity index (χ1v) is 10.8. The molecule has 9 unspecified atom stereocenters. The van der Waals surface area contributed by atoms with Crippen molar-refractivity contribution >= 4 is 5.97 Å². The lowest BCUT2D eigenvalue weighted by atomic mass is 9.44. The third kappa shape index (κ3) is 2.52. The van der Waals surface area contributed by atoms with Gasteiger partial charge in [-0.25, -0.2) is 0 Å². The molecule has 0 heterocycles. The monoisotopic (exact) mass is 360 g/mol. The van der Waals surface area contributed by atoms with E-state index in [1.807, 2.05) is 0 Å². The van der Waals surface area contributed by atoms with Crippen LogP contribution in [0.3, 0.4) is 0 Å². The van der Waals surface area contributed by atoms with Crippen LogP contribution in [0.4, 0.5) is 0 Å². The molecule has 26 heavy (non-hydrogen) atoms. The van der Waals surface area contributed by atoms with Gasteiger partial charge in [0.25, 0.3) is 0 Å². The maximum atomic E-state index is 11.4. The minimum atomic E-state index is -0.348. The lowest BCUT2D eigenvalue weighted by Gasteiger charge is -2.62. The second-order valence-corrected chi connectivity index (χ2v) is 10.2. The van der Waals surface area contributed by atoms with Crippen LogP contribution in [-0.2, 0) is 9.53 Å². The summed E-state index contributed by atoms with van der Waals surface area (Å²) in [6.45, 7) is 10.5. The number of fused-ring (bicyclic) bond motifs is 5. The Balaban J connectivity index is 1.58. The van der Waals surface area contributed by atoms with Crippen LogP contribution in [0.15, 0.2) is 12.7 Å². The van der Waals surface area contributed by atoms with Crippen molar-refractivity contribution in [2.24, 2.45) is 40.4 Å². The molecule has 0 spiro atoms. The topological polar surface area (TPSA) is 46.5 Å². The molecular weight excluding hydrogens is 324 g/mol. The summed E-state index contributed by atoms with van der Waals surface area (Å²) in [5.74, 6) is 3.10. The molecule has 0 aromatic carbocycles. The van der Waals surface area contributed by atoms with Crippen molar-refractivity contribution in [2.45, 2.75) is 84.3 Å². The molecule has 3 nitrogen and oxygen atoms in total. The molecule has 0 bridgehead atoms. The van der Waals surface area contributed by atoms with Gasteiger partial charge in [-0.1, -0.05) is 19.9 Å². The van der Waals surface area contributed by atoms with Crippen molar-refractivity contribution in [3.8, 4) is 0 Å². The number of ether oxygens (including phenoxy) is 1. The SMILES string of the molecule is C=CC1CCC2C3CCC4CC(OC(C)=O)CC(O)C4(C)C3CCC12C. The number of hydrogen-bond acceptors (Lipinski definition) is 3. The van der Waals surface area contributed by atoms with Gasteiger partial charge in [0.15, 0.2) is 0 Å². The summed E-state index contributed by atoms with van der Waals surface area (Å²) < 4.78 is 5.50. The van der Waals surface area contributed by atoms with E-state index in [1.54, 1.807) is 0 Å². The van der Waals surface area contributed by atoms with Gasteiger partial charge in [-0.2, -0.15) is 0 Å². The summed E-state index contributed by atoms with van der Waals surface area (Å²) in [4.78, 5) is 11.4. The molecule has 0 saturated heterocycles. The van der Waals surface area contributed by atoms with Gasteiger partial charge < -0.3 is 9.84 Å². The van der Waals surface area contributed by atoms with Crippen molar-refractivity contribution < 1.29 is 14.6 Å². The second-order valence-electron chi connectivity index (χ2n) is 10.2. The van der Waals surface area contributed by atoms with Gasteiger partial charge in [0.2, 0.25) is 0 Å². The first kappa shape index (κ1) is 18.5. The molecule has 146 valence electrons. The second kappa shape index (κ2) is 6.36. The average Bonchev–Trinajstić information content (AvgIpc) is 2.92. The number of hydrogen-bond donors (Lipinski definition) is 1. The summed E-state index contributed by atoms with van der Waals surface area (Å²) in [6.07, 6.45) is 10.9. The average molecular weight is 361 g/mol. The van der Waals surface area contributed by atoms with Crippen LogP contribution < -0.4 is 0 Å². The predicted molar refractivity (Wildman–Crippen MR) is 102 cm³/mol. The number of esters is 1. The van der Waals surface area contributed by atoms with Crippen LogP contribution in [0.2, 0.25) is 0 Å². The molecule has 0 amide bonds. The normalized spacial score (nSPS) is 53.2. The largest absolute Gasteiger partial charge is 0.462 e. The van der Waals surface area contributed by atoms with Crippen LogP contribution in [-0.4, -0.2) is 23.3 Å². The summed E-state index contributed by atoms with van der Waals surface area (Å²) in [6, 6.07) is 0. The highest BCUT2D eigenvalue weighted by Gasteiger charge is 2.62. The van der Waals surface area contributed by atoms with E-state index in [-0.39, 0.29) is 23.6 Å². The Hall–Kier alpha value is -0.830. The fourth-order valence-electron chi connectivity index (χ4n) is 8.04. The Morgan fingerprint density at radius 2 is 1.88 bits per heavy atom. The maximum absolute atomic E-state index is 11.4. The molecule has 0 aromatic heterocycles. The zero-order valence-corrected chi connectivity index (χ0v) is 16.7. The van der Waals surface area contributed by atoms with E-state index < -0.39 is 0 Å². The highest BCUT2D eigenvalue weighted by molar-refractivity contribution is 5.66. The molecule has 9 atom stereocenters. The standard InChI is InChI=1S/C23H36O3/c1-5-15-7-9-19-18-8-6-16-12-17(26-14(2)24)13-21(25)23(16,4)20(18)10-11-22(15,19)3/h5,15-21,25H,1,6-13H2,2-4H3. The van der Waals surface area contributed by atoms with Gasteiger partial charge >= 0.3 is 5.97 Å². The van der Waals surface area contributed by atoms with Crippen LogP contribution >= 0.6 is 0 Å². The minimum Gasteiger partial charge on any atom is -0.462 e. The van der Waals surface area contributed by atoms with Gasteiger partial charge in [0.05, 0.1) is 6.10 Å². The fraction of sp³-hybridized carbons (Fsp3) is 0.870. The number of carbonyl (C=O) groups excluding carboxylic acids is 1. The van der Waals surface area contributed by atoms with E-state index in [4.69, 9.17) is 4.74 Å². The lowest BCUT2D eigenvalue weighted by molar-refractivity contribution is -0.190. The number of aliphatic hydroxyl groups excluding tert-OH is 1. The van der Waals surface area contributed by atoms with Gasteiger partial charge in [-0.05, 0) is 85.4 Å². The molecule has 1 N–H and O–H groups in total. The highest BCUT2D eigenvalue weighted by atomic mass is 16.5. The van der Waals surface area contributed by atoms with Gasteiger partial charge in [-0.3, -0.25) is 4.79 Å². The Morgan fingerprint density at radius 1 is 1.12 bits per heavy atom. The van der Waals surface area contributed by atoms with Crippen LogP contribution in [0, 0.1) is 40.4 Å². The third-order valence-electron chi connectivity index (χ3n) is 9.41. The van der Waals surface area contributed by atoms with Gasteiger partial charge in [0, 0.05) is 13.3 Å². The molecular formula is C23H36O3. The summed E-state index contributed by atoms with van der Waals surface area (Å²) >= 11 is 0. The molecule has 0 radical (unpaired) electrons. The van der Waals surface area contributed by atoms with Crippen molar-refractivity contribution in [1.29, 1.82) is 0 Å². The van der Waals surface area contributed by atoms with E-state index in [0.717, 1.165) is 18.3 Å². The molecule has 4 saturated carbocycles. The van der Waals surface area contributed by atoms with E-state index in [0.29, 0.717) is 29.6 Å². The summed E-state index contributed by atoms with van der Waals surface area (Å²) in [5.41, 5.74) is 0.416. The zero-order chi connectivity index (χ0) is 18.7. The minimum absolute atomic E-state index is 0.00678.